The number of rotatable bonds is 3. The summed E-state index contributed by atoms with van der Waals surface area (Å²) in [6.07, 6.45) is 3.50. The Balaban J connectivity index is 2.01. The third-order valence-corrected chi connectivity index (χ3v) is 3.63. The summed E-state index contributed by atoms with van der Waals surface area (Å²) in [6, 6.07) is -0.348. The van der Waals surface area contributed by atoms with E-state index in [0.29, 0.717) is 5.41 Å². The molecule has 1 atom stereocenters. The van der Waals surface area contributed by atoms with Crippen LogP contribution < -0.4 is 5.32 Å². The lowest BCUT2D eigenvalue weighted by molar-refractivity contribution is -0.144. The van der Waals surface area contributed by atoms with Gasteiger partial charge < -0.3 is 10.2 Å². The molecule has 0 bridgehead atoms. The molecular weight excluding hydrogens is 192 g/mol. The van der Waals surface area contributed by atoms with Crippen LogP contribution in [0.2, 0.25) is 0 Å². The van der Waals surface area contributed by atoms with Crippen molar-refractivity contribution in [1.82, 2.24) is 10.2 Å². The van der Waals surface area contributed by atoms with E-state index < -0.39 is 0 Å². The van der Waals surface area contributed by atoms with Crippen LogP contribution in [0.15, 0.2) is 0 Å². The van der Waals surface area contributed by atoms with E-state index in [4.69, 9.17) is 0 Å². The molecule has 1 N–H and O–H groups in total. The summed E-state index contributed by atoms with van der Waals surface area (Å²) in [5, 5.41) is 2.65. The molecule has 2 fully saturated rings. The highest BCUT2D eigenvalue weighted by Gasteiger charge is 2.44. The Morgan fingerprint density at radius 1 is 1.47 bits per heavy atom. The minimum atomic E-state index is -0.348. The molecule has 2 rings (SSSR count). The van der Waals surface area contributed by atoms with Gasteiger partial charge in [0.15, 0.2) is 0 Å². The molecule has 2 aliphatic rings. The number of amides is 2. The quantitative estimate of drug-likeness (QED) is 0.738. The second-order valence-corrected chi connectivity index (χ2v) is 4.84. The van der Waals surface area contributed by atoms with Gasteiger partial charge in [-0.25, -0.2) is 0 Å². The van der Waals surface area contributed by atoms with E-state index >= 15 is 0 Å². The van der Waals surface area contributed by atoms with Crippen molar-refractivity contribution in [3.63, 3.8) is 0 Å². The van der Waals surface area contributed by atoms with Crippen molar-refractivity contribution in [2.45, 2.75) is 39.2 Å². The molecule has 1 saturated carbocycles. The molecule has 1 aliphatic carbocycles. The second-order valence-electron chi connectivity index (χ2n) is 4.84. The molecule has 4 nitrogen and oxygen atoms in total. The summed E-state index contributed by atoms with van der Waals surface area (Å²) in [5.41, 5.74) is 0.326. The predicted octanol–water partition coefficient (Wildman–Crippen LogP) is 0.523. The normalized spacial score (nSPS) is 28.9. The van der Waals surface area contributed by atoms with E-state index in [-0.39, 0.29) is 24.4 Å². The van der Waals surface area contributed by atoms with E-state index in [1.807, 2.05) is 0 Å². The Morgan fingerprint density at radius 2 is 2.13 bits per heavy atom. The lowest BCUT2D eigenvalue weighted by Gasteiger charge is -2.33. The summed E-state index contributed by atoms with van der Waals surface area (Å²) >= 11 is 0. The molecule has 0 spiro atoms. The van der Waals surface area contributed by atoms with Gasteiger partial charge in [-0.15, -0.1) is 0 Å². The smallest absolute Gasteiger partial charge is 0.245 e. The zero-order chi connectivity index (χ0) is 11.1. The fourth-order valence-electron chi connectivity index (χ4n) is 2.21. The lowest BCUT2D eigenvalue weighted by Crippen LogP contribution is -2.57. The van der Waals surface area contributed by atoms with E-state index in [1.165, 1.54) is 12.8 Å². The molecule has 2 amide bonds. The first-order valence-corrected chi connectivity index (χ1v) is 5.64. The number of nitrogens with zero attached hydrogens (tertiary/aromatic N) is 1. The third-order valence-electron chi connectivity index (χ3n) is 3.63. The Kier molecular flexibility index (Phi) is 2.44. The maximum atomic E-state index is 11.8. The van der Waals surface area contributed by atoms with E-state index in [2.05, 4.69) is 12.2 Å². The van der Waals surface area contributed by atoms with Crippen molar-refractivity contribution >= 4 is 11.8 Å². The number of carbonyl (C=O) groups excluding carboxylic acids is 2. The topological polar surface area (TPSA) is 49.4 Å². The van der Waals surface area contributed by atoms with Crippen LogP contribution >= 0.6 is 0 Å². The summed E-state index contributed by atoms with van der Waals surface area (Å²) in [4.78, 5) is 24.8. The SMILES string of the molecule is CCC1(CN2CC(=O)NC(C)C2=O)CC1. The zero-order valence-corrected chi connectivity index (χ0v) is 9.38. The molecule has 4 heteroatoms. The number of hydrogen-bond acceptors (Lipinski definition) is 2. The Labute approximate surface area is 90.0 Å². The molecule has 0 aromatic heterocycles. The average molecular weight is 210 g/mol. The standard InChI is InChI=1S/C11H18N2O2/c1-3-11(4-5-11)7-13-6-9(14)12-8(2)10(13)15/h8H,3-7H2,1-2H3,(H,12,14). The van der Waals surface area contributed by atoms with Gasteiger partial charge in [-0.3, -0.25) is 9.59 Å². The Bertz CT molecular complexity index is 297. The molecule has 1 heterocycles. The highest BCUT2D eigenvalue weighted by molar-refractivity contribution is 5.94. The fraction of sp³-hybridized carbons (Fsp3) is 0.818. The molecule has 1 saturated heterocycles. The number of piperazine rings is 1. The van der Waals surface area contributed by atoms with E-state index in [9.17, 15) is 9.59 Å². The van der Waals surface area contributed by atoms with Gasteiger partial charge in [0.1, 0.15) is 6.04 Å². The van der Waals surface area contributed by atoms with Crippen LogP contribution in [0.5, 0.6) is 0 Å². The molecule has 15 heavy (non-hydrogen) atoms. The van der Waals surface area contributed by atoms with Gasteiger partial charge in [0.25, 0.3) is 0 Å². The van der Waals surface area contributed by atoms with Gasteiger partial charge in [-0.1, -0.05) is 6.92 Å². The largest absolute Gasteiger partial charge is 0.343 e. The summed E-state index contributed by atoms with van der Waals surface area (Å²) < 4.78 is 0. The second kappa shape index (κ2) is 3.51. The first kappa shape index (κ1) is 10.5. The number of nitrogens with one attached hydrogen (secondary N) is 1. The molecule has 1 aliphatic heterocycles. The van der Waals surface area contributed by atoms with Gasteiger partial charge in [0.2, 0.25) is 11.8 Å². The van der Waals surface area contributed by atoms with Crippen molar-refractivity contribution in [2.75, 3.05) is 13.1 Å². The van der Waals surface area contributed by atoms with Crippen molar-refractivity contribution in [1.29, 1.82) is 0 Å². The zero-order valence-electron chi connectivity index (χ0n) is 9.38. The lowest BCUT2D eigenvalue weighted by atomic mass is 10.0. The van der Waals surface area contributed by atoms with Crippen LogP contribution in [-0.2, 0) is 9.59 Å². The van der Waals surface area contributed by atoms with Gasteiger partial charge in [-0.05, 0) is 31.6 Å². The Morgan fingerprint density at radius 3 is 2.67 bits per heavy atom. The first-order chi connectivity index (χ1) is 7.06. The minimum Gasteiger partial charge on any atom is -0.343 e. The molecule has 0 aromatic carbocycles. The van der Waals surface area contributed by atoms with Crippen molar-refractivity contribution in [3.8, 4) is 0 Å². The fourth-order valence-corrected chi connectivity index (χ4v) is 2.21. The highest BCUT2D eigenvalue weighted by atomic mass is 16.2. The van der Waals surface area contributed by atoms with Gasteiger partial charge >= 0.3 is 0 Å². The van der Waals surface area contributed by atoms with Gasteiger partial charge in [0.05, 0.1) is 6.54 Å². The average Bonchev–Trinajstić information content (AvgIpc) is 2.94. The molecule has 0 aromatic rings. The van der Waals surface area contributed by atoms with Crippen molar-refractivity contribution in [3.05, 3.63) is 0 Å². The van der Waals surface area contributed by atoms with Crippen molar-refractivity contribution < 1.29 is 9.59 Å². The summed E-state index contributed by atoms with van der Waals surface area (Å²) in [7, 11) is 0. The molecule has 0 radical (unpaired) electrons. The van der Waals surface area contributed by atoms with Gasteiger partial charge in [-0.2, -0.15) is 0 Å². The predicted molar refractivity (Wildman–Crippen MR) is 56.1 cm³/mol. The van der Waals surface area contributed by atoms with Crippen LogP contribution in [0.3, 0.4) is 0 Å². The molecule has 1 unspecified atom stereocenters. The summed E-state index contributed by atoms with van der Waals surface area (Å²) in [6.45, 7) is 4.91. The van der Waals surface area contributed by atoms with Crippen LogP contribution in [0.25, 0.3) is 0 Å². The highest BCUT2D eigenvalue weighted by Crippen LogP contribution is 2.49. The van der Waals surface area contributed by atoms with E-state index in [1.54, 1.807) is 11.8 Å². The van der Waals surface area contributed by atoms with Crippen LogP contribution in [-0.4, -0.2) is 35.8 Å². The summed E-state index contributed by atoms with van der Waals surface area (Å²) in [5.74, 6) is 0.0309. The minimum absolute atomic E-state index is 0.0333. The monoisotopic (exact) mass is 210 g/mol. The van der Waals surface area contributed by atoms with Crippen molar-refractivity contribution in [2.24, 2.45) is 5.41 Å². The maximum absolute atomic E-state index is 11.8. The molecule has 84 valence electrons. The molecular formula is C11H18N2O2. The van der Waals surface area contributed by atoms with Gasteiger partial charge in [0, 0.05) is 6.54 Å². The number of carbonyl (C=O) groups is 2. The van der Waals surface area contributed by atoms with Crippen LogP contribution in [0.4, 0.5) is 0 Å². The maximum Gasteiger partial charge on any atom is 0.245 e. The third kappa shape index (κ3) is 1.98. The van der Waals surface area contributed by atoms with Crippen LogP contribution in [0, 0.1) is 5.41 Å². The Hall–Kier alpha value is -1.06. The van der Waals surface area contributed by atoms with Crippen LogP contribution in [0.1, 0.15) is 33.1 Å². The van der Waals surface area contributed by atoms with E-state index in [0.717, 1.165) is 13.0 Å². The first-order valence-electron chi connectivity index (χ1n) is 5.64. The number of hydrogen-bond donors (Lipinski definition) is 1.